The molecule has 4 nitrogen and oxygen atoms in total. The van der Waals surface area contributed by atoms with E-state index < -0.39 is 0 Å². The molecular formula is C17H28IN3O. The molecule has 2 rings (SSSR count). The largest absolute Gasteiger partial charge is 0.490 e. The first-order valence-electron chi connectivity index (χ1n) is 7.88. The standard InChI is InChI=1S/C17H27N3O.HI/c1-13(2)11-19-17(18-3)20-12-14-7-4-5-10-16(14)21-15-8-6-9-15;/h4-5,7,10,13,15H,6,8-9,11-12H2,1-3H3,(H2,18,19,20);1H. The fraction of sp³-hybridized carbons (Fsp3) is 0.588. The van der Waals surface area contributed by atoms with E-state index in [1.54, 1.807) is 7.05 Å². The lowest BCUT2D eigenvalue weighted by molar-refractivity contribution is 0.119. The van der Waals surface area contributed by atoms with Crippen molar-refractivity contribution in [2.75, 3.05) is 13.6 Å². The maximum Gasteiger partial charge on any atom is 0.191 e. The van der Waals surface area contributed by atoms with Crippen LogP contribution >= 0.6 is 24.0 Å². The number of hydrogen-bond acceptors (Lipinski definition) is 2. The lowest BCUT2D eigenvalue weighted by atomic mass is 9.96. The van der Waals surface area contributed by atoms with Gasteiger partial charge in [-0.1, -0.05) is 32.0 Å². The zero-order valence-corrected chi connectivity index (χ0v) is 16.1. The maximum absolute atomic E-state index is 6.05. The van der Waals surface area contributed by atoms with E-state index in [1.165, 1.54) is 24.8 Å². The van der Waals surface area contributed by atoms with E-state index in [0.29, 0.717) is 12.0 Å². The smallest absolute Gasteiger partial charge is 0.191 e. The second-order valence-electron chi connectivity index (χ2n) is 5.98. The monoisotopic (exact) mass is 417 g/mol. The summed E-state index contributed by atoms with van der Waals surface area (Å²) in [5.74, 6) is 2.42. The van der Waals surface area contributed by atoms with Gasteiger partial charge in [0.15, 0.2) is 5.96 Å². The molecule has 124 valence electrons. The molecule has 0 radical (unpaired) electrons. The van der Waals surface area contributed by atoms with Crippen LogP contribution in [0.5, 0.6) is 5.75 Å². The predicted octanol–water partition coefficient (Wildman–Crippen LogP) is 3.56. The van der Waals surface area contributed by atoms with Crippen LogP contribution in [-0.4, -0.2) is 25.7 Å². The van der Waals surface area contributed by atoms with Gasteiger partial charge in [0.25, 0.3) is 0 Å². The molecule has 0 heterocycles. The van der Waals surface area contributed by atoms with E-state index in [-0.39, 0.29) is 24.0 Å². The van der Waals surface area contributed by atoms with Crippen LogP contribution in [0.1, 0.15) is 38.7 Å². The minimum absolute atomic E-state index is 0. The molecule has 0 unspecified atom stereocenters. The Morgan fingerprint density at radius 1 is 1.27 bits per heavy atom. The van der Waals surface area contributed by atoms with Crippen LogP contribution in [0.4, 0.5) is 0 Å². The molecule has 1 aromatic rings. The molecule has 0 bridgehead atoms. The summed E-state index contributed by atoms with van der Waals surface area (Å²) in [5, 5.41) is 6.67. The number of ether oxygens (including phenoxy) is 1. The van der Waals surface area contributed by atoms with Crippen molar-refractivity contribution in [1.29, 1.82) is 0 Å². The normalized spacial score (nSPS) is 15.0. The average molecular weight is 417 g/mol. The Hall–Kier alpha value is -0.980. The van der Waals surface area contributed by atoms with Gasteiger partial charge in [-0.3, -0.25) is 4.99 Å². The highest BCUT2D eigenvalue weighted by molar-refractivity contribution is 14.0. The molecule has 22 heavy (non-hydrogen) atoms. The Labute approximate surface area is 151 Å². The summed E-state index contributed by atoms with van der Waals surface area (Å²) in [6, 6.07) is 8.24. The molecular weight excluding hydrogens is 389 g/mol. The molecule has 1 fully saturated rings. The predicted molar refractivity (Wildman–Crippen MR) is 103 cm³/mol. The van der Waals surface area contributed by atoms with Crippen molar-refractivity contribution >= 4 is 29.9 Å². The Bertz CT molecular complexity index is 473. The van der Waals surface area contributed by atoms with Gasteiger partial charge in [0.2, 0.25) is 0 Å². The fourth-order valence-electron chi connectivity index (χ4n) is 2.13. The number of hydrogen-bond donors (Lipinski definition) is 2. The summed E-state index contributed by atoms with van der Waals surface area (Å²) < 4.78 is 6.05. The van der Waals surface area contributed by atoms with Gasteiger partial charge in [-0.2, -0.15) is 0 Å². The van der Waals surface area contributed by atoms with Gasteiger partial charge in [-0.15, -0.1) is 24.0 Å². The molecule has 0 aliphatic heterocycles. The highest BCUT2D eigenvalue weighted by atomic mass is 127. The quantitative estimate of drug-likeness (QED) is 0.423. The van der Waals surface area contributed by atoms with E-state index in [0.717, 1.165) is 24.8 Å². The molecule has 2 N–H and O–H groups in total. The molecule has 0 amide bonds. The second kappa shape index (κ2) is 9.92. The van der Waals surface area contributed by atoms with Crippen molar-refractivity contribution in [1.82, 2.24) is 10.6 Å². The van der Waals surface area contributed by atoms with E-state index >= 15 is 0 Å². The van der Waals surface area contributed by atoms with Crippen LogP contribution in [0, 0.1) is 5.92 Å². The van der Waals surface area contributed by atoms with Gasteiger partial charge in [0, 0.05) is 25.7 Å². The Kier molecular flexibility index (Phi) is 8.60. The van der Waals surface area contributed by atoms with E-state index in [4.69, 9.17) is 4.74 Å². The first-order valence-corrected chi connectivity index (χ1v) is 7.88. The van der Waals surface area contributed by atoms with Crippen LogP contribution in [0.15, 0.2) is 29.3 Å². The maximum atomic E-state index is 6.05. The SMILES string of the molecule is CN=C(NCc1ccccc1OC1CCC1)NCC(C)C.I. The van der Waals surface area contributed by atoms with Crippen LogP contribution in [-0.2, 0) is 6.54 Å². The van der Waals surface area contributed by atoms with E-state index in [1.807, 2.05) is 6.07 Å². The summed E-state index contributed by atoms with van der Waals surface area (Å²) in [7, 11) is 1.80. The number of nitrogens with zero attached hydrogens (tertiary/aromatic N) is 1. The van der Waals surface area contributed by atoms with Crippen LogP contribution in [0.2, 0.25) is 0 Å². The molecule has 0 saturated heterocycles. The molecule has 1 aromatic carbocycles. The van der Waals surface area contributed by atoms with Crippen molar-refractivity contribution in [3.63, 3.8) is 0 Å². The summed E-state index contributed by atoms with van der Waals surface area (Å²) in [5.41, 5.74) is 1.18. The van der Waals surface area contributed by atoms with Crippen molar-refractivity contribution < 1.29 is 4.74 Å². The molecule has 1 saturated carbocycles. The highest BCUT2D eigenvalue weighted by Gasteiger charge is 2.20. The first-order chi connectivity index (χ1) is 10.2. The van der Waals surface area contributed by atoms with E-state index in [2.05, 4.69) is 47.7 Å². The number of rotatable bonds is 6. The van der Waals surface area contributed by atoms with Gasteiger partial charge in [0.05, 0.1) is 6.10 Å². The molecule has 5 heteroatoms. The van der Waals surface area contributed by atoms with Gasteiger partial charge >= 0.3 is 0 Å². The zero-order chi connectivity index (χ0) is 15.1. The van der Waals surface area contributed by atoms with Gasteiger partial charge in [-0.05, 0) is 31.2 Å². The van der Waals surface area contributed by atoms with Crippen LogP contribution in [0.3, 0.4) is 0 Å². The summed E-state index contributed by atoms with van der Waals surface area (Å²) in [6.45, 7) is 6.00. The number of aliphatic imine (C=N–C) groups is 1. The third-order valence-electron chi connectivity index (χ3n) is 3.67. The van der Waals surface area contributed by atoms with Crippen LogP contribution in [0.25, 0.3) is 0 Å². The molecule has 0 spiro atoms. The average Bonchev–Trinajstić information content (AvgIpc) is 2.44. The van der Waals surface area contributed by atoms with Crippen molar-refractivity contribution in [2.24, 2.45) is 10.9 Å². The first kappa shape index (κ1) is 19.1. The minimum atomic E-state index is 0. The Morgan fingerprint density at radius 2 is 2.00 bits per heavy atom. The third-order valence-corrected chi connectivity index (χ3v) is 3.67. The third kappa shape index (κ3) is 6.02. The Morgan fingerprint density at radius 3 is 2.59 bits per heavy atom. The molecule has 0 atom stereocenters. The van der Waals surface area contributed by atoms with Crippen LogP contribution < -0.4 is 15.4 Å². The second-order valence-corrected chi connectivity index (χ2v) is 5.98. The lowest BCUT2D eigenvalue weighted by Gasteiger charge is -2.27. The molecule has 0 aromatic heterocycles. The van der Waals surface area contributed by atoms with Gasteiger partial charge < -0.3 is 15.4 Å². The summed E-state index contributed by atoms with van der Waals surface area (Å²) >= 11 is 0. The Balaban J connectivity index is 0.00000242. The number of para-hydroxylation sites is 1. The number of benzene rings is 1. The fourth-order valence-corrected chi connectivity index (χ4v) is 2.13. The van der Waals surface area contributed by atoms with E-state index in [9.17, 15) is 0 Å². The molecule has 1 aliphatic rings. The minimum Gasteiger partial charge on any atom is -0.490 e. The van der Waals surface area contributed by atoms with Crippen molar-refractivity contribution in [3.05, 3.63) is 29.8 Å². The zero-order valence-electron chi connectivity index (χ0n) is 13.8. The highest BCUT2D eigenvalue weighted by Crippen LogP contribution is 2.27. The number of guanidine groups is 1. The topological polar surface area (TPSA) is 45.7 Å². The number of halogens is 1. The lowest BCUT2D eigenvalue weighted by Crippen LogP contribution is -2.38. The molecule has 1 aliphatic carbocycles. The summed E-state index contributed by atoms with van der Waals surface area (Å²) in [4.78, 5) is 4.25. The summed E-state index contributed by atoms with van der Waals surface area (Å²) in [6.07, 6.45) is 4.06. The number of nitrogens with one attached hydrogen (secondary N) is 2. The van der Waals surface area contributed by atoms with Gasteiger partial charge in [-0.25, -0.2) is 0 Å². The van der Waals surface area contributed by atoms with Crippen molar-refractivity contribution in [3.8, 4) is 5.75 Å². The van der Waals surface area contributed by atoms with Crippen molar-refractivity contribution in [2.45, 2.75) is 45.8 Å². The van der Waals surface area contributed by atoms with Gasteiger partial charge in [0.1, 0.15) is 5.75 Å².